The number of nitrogens with one attached hydrogen (secondary N) is 1. The first-order valence-electron chi connectivity index (χ1n) is 7.62. The summed E-state index contributed by atoms with van der Waals surface area (Å²) in [5, 5.41) is 2.99. The Morgan fingerprint density at radius 1 is 1.30 bits per heavy atom. The predicted octanol–water partition coefficient (Wildman–Crippen LogP) is 2.77. The van der Waals surface area contributed by atoms with Gasteiger partial charge in [-0.15, -0.1) is 0 Å². The molecule has 3 nitrogen and oxygen atoms in total. The van der Waals surface area contributed by atoms with Crippen LogP contribution in [0.3, 0.4) is 0 Å². The molecule has 0 bridgehead atoms. The molecule has 1 aromatic rings. The van der Waals surface area contributed by atoms with E-state index in [-0.39, 0.29) is 17.9 Å². The molecule has 2 rings (SSSR count). The van der Waals surface area contributed by atoms with Crippen LogP contribution in [0.1, 0.15) is 56.6 Å². The summed E-state index contributed by atoms with van der Waals surface area (Å²) in [4.78, 5) is 12.0. The van der Waals surface area contributed by atoms with Crippen molar-refractivity contribution in [3.8, 4) is 0 Å². The predicted molar refractivity (Wildman–Crippen MR) is 82.7 cm³/mol. The van der Waals surface area contributed by atoms with Crippen molar-refractivity contribution in [2.24, 2.45) is 11.7 Å². The summed E-state index contributed by atoms with van der Waals surface area (Å²) in [6.45, 7) is 7.04. The molecule has 1 aliphatic carbocycles. The van der Waals surface area contributed by atoms with Crippen molar-refractivity contribution in [2.45, 2.75) is 51.5 Å². The largest absolute Gasteiger partial charge is 0.356 e. The van der Waals surface area contributed by atoms with E-state index in [2.05, 4.69) is 43.4 Å². The Morgan fingerprint density at radius 2 is 1.95 bits per heavy atom. The molecule has 1 aromatic carbocycles. The highest BCUT2D eigenvalue weighted by atomic mass is 16.2. The molecule has 110 valence electrons. The average molecular weight is 274 g/mol. The molecule has 1 fully saturated rings. The van der Waals surface area contributed by atoms with Crippen LogP contribution in [0.5, 0.6) is 0 Å². The second kappa shape index (κ2) is 6.40. The molecule has 1 aliphatic rings. The highest BCUT2D eigenvalue weighted by molar-refractivity contribution is 5.82. The van der Waals surface area contributed by atoms with Gasteiger partial charge in [-0.1, -0.05) is 38.1 Å². The van der Waals surface area contributed by atoms with Crippen LogP contribution in [0.25, 0.3) is 0 Å². The maximum Gasteiger partial charge on any atom is 0.223 e. The first-order chi connectivity index (χ1) is 9.49. The zero-order valence-corrected chi connectivity index (χ0v) is 12.7. The Bertz CT molecular complexity index is 451. The van der Waals surface area contributed by atoms with Gasteiger partial charge in [0.05, 0.1) is 0 Å². The van der Waals surface area contributed by atoms with Crippen molar-refractivity contribution in [3.63, 3.8) is 0 Å². The number of hydrogen-bond acceptors (Lipinski definition) is 2. The molecule has 20 heavy (non-hydrogen) atoms. The van der Waals surface area contributed by atoms with Gasteiger partial charge in [0.2, 0.25) is 5.91 Å². The molecule has 3 heteroatoms. The van der Waals surface area contributed by atoms with E-state index in [9.17, 15) is 4.79 Å². The normalized spacial score (nSPS) is 22.6. The summed E-state index contributed by atoms with van der Waals surface area (Å²) in [7, 11) is 0. The lowest BCUT2D eigenvalue weighted by Gasteiger charge is -2.08. The van der Waals surface area contributed by atoms with E-state index < -0.39 is 0 Å². The number of rotatable bonds is 6. The summed E-state index contributed by atoms with van der Waals surface area (Å²) >= 11 is 0. The summed E-state index contributed by atoms with van der Waals surface area (Å²) in [6.07, 6.45) is 1.82. The second-order valence-electron chi connectivity index (χ2n) is 6.33. The number of nitrogens with two attached hydrogens (primary N) is 1. The quantitative estimate of drug-likeness (QED) is 0.838. The first-order valence-corrected chi connectivity index (χ1v) is 7.62. The van der Waals surface area contributed by atoms with E-state index in [1.54, 1.807) is 0 Å². The van der Waals surface area contributed by atoms with E-state index in [4.69, 9.17) is 5.73 Å². The van der Waals surface area contributed by atoms with Gasteiger partial charge in [0.1, 0.15) is 0 Å². The maximum atomic E-state index is 12.0. The molecule has 0 aliphatic heterocycles. The standard InChI is InChI=1S/C17H26N2O/c1-11(2)13-4-6-14(7-5-13)15-10-16(15)17(20)19-9-8-12(3)18/h4-7,11-12,15-16H,8-10,18H2,1-3H3,(H,19,20). The van der Waals surface area contributed by atoms with Gasteiger partial charge in [-0.2, -0.15) is 0 Å². The number of carbonyl (C=O) groups is 1. The number of amides is 1. The van der Waals surface area contributed by atoms with Crippen LogP contribution < -0.4 is 11.1 Å². The van der Waals surface area contributed by atoms with Gasteiger partial charge in [0.15, 0.2) is 0 Å². The third-order valence-electron chi connectivity index (χ3n) is 4.06. The minimum atomic E-state index is 0.147. The lowest BCUT2D eigenvalue weighted by molar-refractivity contribution is -0.122. The Balaban J connectivity index is 1.83. The molecule has 0 heterocycles. The van der Waals surface area contributed by atoms with Gasteiger partial charge >= 0.3 is 0 Å². The molecule has 0 aromatic heterocycles. The lowest BCUT2D eigenvalue weighted by atomic mass is 10.00. The van der Waals surface area contributed by atoms with Crippen LogP contribution in [0.4, 0.5) is 0 Å². The molecule has 0 saturated heterocycles. The van der Waals surface area contributed by atoms with Crippen molar-refractivity contribution in [3.05, 3.63) is 35.4 Å². The van der Waals surface area contributed by atoms with Crippen molar-refractivity contribution >= 4 is 5.91 Å². The van der Waals surface area contributed by atoms with E-state index in [1.807, 2.05) is 6.92 Å². The molecule has 3 atom stereocenters. The molecule has 3 N–H and O–H groups in total. The number of carbonyl (C=O) groups excluding carboxylic acids is 1. The Hall–Kier alpha value is -1.35. The van der Waals surface area contributed by atoms with Gasteiger partial charge in [0.25, 0.3) is 0 Å². The summed E-state index contributed by atoms with van der Waals surface area (Å²) in [6, 6.07) is 8.87. The fourth-order valence-electron chi connectivity index (χ4n) is 2.54. The monoisotopic (exact) mass is 274 g/mol. The van der Waals surface area contributed by atoms with Crippen LogP contribution in [0.2, 0.25) is 0 Å². The molecule has 0 radical (unpaired) electrons. The van der Waals surface area contributed by atoms with Crippen LogP contribution in [0.15, 0.2) is 24.3 Å². The van der Waals surface area contributed by atoms with Gasteiger partial charge in [-0.25, -0.2) is 0 Å². The number of hydrogen-bond donors (Lipinski definition) is 2. The lowest BCUT2D eigenvalue weighted by Crippen LogP contribution is -2.30. The zero-order chi connectivity index (χ0) is 14.7. The maximum absolute atomic E-state index is 12.0. The SMILES string of the molecule is CC(N)CCNC(=O)C1CC1c1ccc(C(C)C)cc1. The fraction of sp³-hybridized carbons (Fsp3) is 0.588. The topological polar surface area (TPSA) is 55.1 Å². The van der Waals surface area contributed by atoms with Gasteiger partial charge in [-0.3, -0.25) is 4.79 Å². The van der Waals surface area contributed by atoms with Crippen LogP contribution >= 0.6 is 0 Å². The van der Waals surface area contributed by atoms with E-state index in [0.717, 1.165) is 12.8 Å². The molecule has 1 amide bonds. The summed E-state index contributed by atoms with van der Waals surface area (Å²) in [5.41, 5.74) is 8.32. The minimum absolute atomic E-state index is 0.147. The smallest absolute Gasteiger partial charge is 0.223 e. The Kier molecular flexibility index (Phi) is 4.81. The second-order valence-corrected chi connectivity index (χ2v) is 6.33. The third-order valence-corrected chi connectivity index (χ3v) is 4.06. The molecule has 1 saturated carbocycles. The molecule has 3 unspecified atom stereocenters. The number of benzene rings is 1. The van der Waals surface area contributed by atoms with Crippen LogP contribution in [-0.2, 0) is 4.79 Å². The van der Waals surface area contributed by atoms with Crippen LogP contribution in [0, 0.1) is 5.92 Å². The Morgan fingerprint density at radius 3 is 2.50 bits per heavy atom. The first kappa shape index (κ1) is 15.0. The minimum Gasteiger partial charge on any atom is -0.356 e. The zero-order valence-electron chi connectivity index (χ0n) is 12.7. The molecule has 0 spiro atoms. The van der Waals surface area contributed by atoms with Gasteiger partial charge < -0.3 is 11.1 Å². The van der Waals surface area contributed by atoms with E-state index in [0.29, 0.717) is 18.4 Å². The highest BCUT2D eigenvalue weighted by Crippen LogP contribution is 2.47. The van der Waals surface area contributed by atoms with Crippen LogP contribution in [-0.4, -0.2) is 18.5 Å². The third kappa shape index (κ3) is 3.83. The van der Waals surface area contributed by atoms with Crippen molar-refractivity contribution < 1.29 is 4.79 Å². The molecular weight excluding hydrogens is 248 g/mol. The van der Waals surface area contributed by atoms with E-state index in [1.165, 1.54) is 11.1 Å². The molecular formula is C17H26N2O. The van der Waals surface area contributed by atoms with Crippen molar-refractivity contribution in [2.75, 3.05) is 6.54 Å². The fourth-order valence-corrected chi connectivity index (χ4v) is 2.54. The van der Waals surface area contributed by atoms with Gasteiger partial charge in [0, 0.05) is 18.5 Å². The average Bonchev–Trinajstić information content (AvgIpc) is 3.18. The van der Waals surface area contributed by atoms with Crippen molar-refractivity contribution in [1.82, 2.24) is 5.32 Å². The Labute approximate surface area is 121 Å². The van der Waals surface area contributed by atoms with E-state index >= 15 is 0 Å². The van der Waals surface area contributed by atoms with Gasteiger partial charge in [-0.05, 0) is 42.7 Å². The summed E-state index contributed by atoms with van der Waals surface area (Å²) < 4.78 is 0. The highest BCUT2D eigenvalue weighted by Gasteiger charge is 2.43. The van der Waals surface area contributed by atoms with Crippen molar-refractivity contribution in [1.29, 1.82) is 0 Å². The summed E-state index contributed by atoms with van der Waals surface area (Å²) in [5.74, 6) is 1.31.